The highest BCUT2D eigenvalue weighted by molar-refractivity contribution is 6.20. The van der Waals surface area contributed by atoms with Gasteiger partial charge in [0.15, 0.2) is 0 Å². The van der Waals surface area contributed by atoms with E-state index in [0.717, 1.165) is 25.3 Å². The largest absolute Gasteiger partial charge is 0.497 e. The zero-order chi connectivity index (χ0) is 12.0. The van der Waals surface area contributed by atoms with Crippen molar-refractivity contribution in [3.05, 3.63) is 29.8 Å². The maximum Gasteiger partial charge on any atom is 0.118 e. The van der Waals surface area contributed by atoms with E-state index in [0.29, 0.717) is 0 Å². The van der Waals surface area contributed by atoms with Crippen molar-refractivity contribution in [2.45, 2.75) is 18.7 Å². The van der Waals surface area contributed by atoms with Crippen LogP contribution in [0.1, 0.15) is 12.5 Å². The van der Waals surface area contributed by atoms with E-state index in [4.69, 9.17) is 16.3 Å². The molecule has 16 heavy (non-hydrogen) atoms. The Balaban J connectivity index is 2.36. The average molecular weight is 242 g/mol. The first kappa shape index (κ1) is 13.3. The van der Waals surface area contributed by atoms with Crippen LogP contribution in [-0.2, 0) is 6.42 Å². The molecule has 0 heterocycles. The summed E-state index contributed by atoms with van der Waals surface area (Å²) in [6.45, 7) is 3.98. The van der Waals surface area contributed by atoms with Crippen LogP contribution in [0.5, 0.6) is 5.75 Å². The van der Waals surface area contributed by atoms with Crippen molar-refractivity contribution in [2.24, 2.45) is 0 Å². The fourth-order valence-corrected chi connectivity index (χ4v) is 1.87. The number of halogens is 1. The van der Waals surface area contributed by atoms with Crippen LogP contribution in [0.4, 0.5) is 0 Å². The molecule has 1 aromatic rings. The lowest BCUT2D eigenvalue weighted by Crippen LogP contribution is -2.26. The summed E-state index contributed by atoms with van der Waals surface area (Å²) in [7, 11) is 3.78. The molecule has 90 valence electrons. The molecule has 2 nitrogen and oxygen atoms in total. The SMILES string of the molecule is COc1ccc(CCN(C)CC(C)Cl)cc1. The van der Waals surface area contributed by atoms with Gasteiger partial charge in [0.1, 0.15) is 5.75 Å². The third kappa shape index (κ3) is 4.86. The second-order valence-corrected chi connectivity index (χ2v) is 4.89. The summed E-state index contributed by atoms with van der Waals surface area (Å²) in [4.78, 5) is 2.25. The smallest absolute Gasteiger partial charge is 0.118 e. The lowest BCUT2D eigenvalue weighted by atomic mass is 10.1. The van der Waals surface area contributed by atoms with Gasteiger partial charge in [-0.1, -0.05) is 12.1 Å². The Labute approximate surface area is 103 Å². The minimum absolute atomic E-state index is 0.209. The molecule has 0 aliphatic carbocycles. The standard InChI is InChI=1S/C13H20ClNO/c1-11(14)10-15(2)9-8-12-4-6-13(16-3)7-5-12/h4-7,11H,8-10H2,1-3H3. The summed E-state index contributed by atoms with van der Waals surface area (Å²) in [6, 6.07) is 8.21. The van der Waals surface area contributed by atoms with Crippen molar-refractivity contribution < 1.29 is 4.74 Å². The fraction of sp³-hybridized carbons (Fsp3) is 0.538. The molecule has 0 radical (unpaired) electrons. The van der Waals surface area contributed by atoms with Crippen LogP contribution >= 0.6 is 11.6 Å². The Hall–Kier alpha value is -0.730. The van der Waals surface area contributed by atoms with Gasteiger partial charge in [0.05, 0.1) is 7.11 Å². The Morgan fingerprint density at radius 1 is 1.31 bits per heavy atom. The second-order valence-electron chi connectivity index (χ2n) is 4.14. The quantitative estimate of drug-likeness (QED) is 0.711. The van der Waals surface area contributed by atoms with E-state index in [2.05, 4.69) is 24.1 Å². The molecule has 1 aromatic carbocycles. The number of benzene rings is 1. The Kier molecular flexibility index (Phi) is 5.64. The van der Waals surface area contributed by atoms with Crippen LogP contribution in [0.25, 0.3) is 0 Å². The van der Waals surface area contributed by atoms with Gasteiger partial charge in [-0.25, -0.2) is 0 Å². The van der Waals surface area contributed by atoms with Crippen LogP contribution < -0.4 is 4.74 Å². The molecule has 0 amide bonds. The monoisotopic (exact) mass is 241 g/mol. The average Bonchev–Trinajstić information content (AvgIpc) is 2.26. The second kappa shape index (κ2) is 6.77. The normalized spacial score (nSPS) is 12.8. The van der Waals surface area contributed by atoms with Crippen LogP contribution in [0, 0.1) is 0 Å². The minimum Gasteiger partial charge on any atom is -0.497 e. The number of likely N-dealkylation sites (N-methyl/N-ethyl adjacent to an activating group) is 1. The molecule has 0 N–H and O–H groups in total. The van der Waals surface area contributed by atoms with Gasteiger partial charge in [0.25, 0.3) is 0 Å². The molecule has 3 heteroatoms. The van der Waals surface area contributed by atoms with Gasteiger partial charge >= 0.3 is 0 Å². The van der Waals surface area contributed by atoms with Crippen molar-refractivity contribution in [3.63, 3.8) is 0 Å². The Morgan fingerprint density at radius 3 is 2.44 bits per heavy atom. The van der Waals surface area contributed by atoms with Crippen molar-refractivity contribution in [2.75, 3.05) is 27.2 Å². The molecule has 0 bridgehead atoms. The van der Waals surface area contributed by atoms with E-state index in [-0.39, 0.29) is 5.38 Å². The van der Waals surface area contributed by atoms with Crippen LogP contribution in [-0.4, -0.2) is 37.5 Å². The molecule has 0 spiro atoms. The highest BCUT2D eigenvalue weighted by Gasteiger charge is 2.03. The van der Waals surface area contributed by atoms with Gasteiger partial charge in [-0.15, -0.1) is 11.6 Å². The third-order valence-electron chi connectivity index (χ3n) is 2.50. The number of hydrogen-bond acceptors (Lipinski definition) is 2. The maximum atomic E-state index is 5.94. The molecular weight excluding hydrogens is 222 g/mol. The Bertz CT molecular complexity index is 297. The number of methoxy groups -OCH3 is 1. The molecule has 1 rings (SSSR count). The number of hydrogen-bond donors (Lipinski definition) is 0. The molecule has 0 aliphatic heterocycles. The lowest BCUT2D eigenvalue weighted by Gasteiger charge is -2.17. The predicted molar refractivity (Wildman–Crippen MR) is 69.5 cm³/mol. The zero-order valence-electron chi connectivity index (χ0n) is 10.2. The summed E-state index contributed by atoms with van der Waals surface area (Å²) in [6.07, 6.45) is 1.05. The first-order valence-corrected chi connectivity index (χ1v) is 6.01. The molecule has 0 saturated carbocycles. The minimum atomic E-state index is 0.209. The zero-order valence-corrected chi connectivity index (χ0v) is 11.0. The van der Waals surface area contributed by atoms with Crippen LogP contribution in [0.3, 0.4) is 0 Å². The van der Waals surface area contributed by atoms with Gasteiger partial charge in [0.2, 0.25) is 0 Å². The van der Waals surface area contributed by atoms with Crippen LogP contribution in [0.2, 0.25) is 0 Å². The molecule has 1 atom stereocenters. The fourth-order valence-electron chi connectivity index (χ4n) is 1.63. The molecule has 0 aliphatic rings. The van der Waals surface area contributed by atoms with Crippen molar-refractivity contribution >= 4 is 11.6 Å². The number of rotatable bonds is 6. The molecular formula is C13H20ClNO. The van der Waals surface area contributed by atoms with Crippen molar-refractivity contribution in [1.82, 2.24) is 4.90 Å². The Morgan fingerprint density at radius 2 is 1.94 bits per heavy atom. The van der Waals surface area contributed by atoms with Gasteiger partial charge in [0, 0.05) is 18.5 Å². The molecule has 0 fully saturated rings. The van der Waals surface area contributed by atoms with Gasteiger partial charge in [-0.05, 0) is 38.1 Å². The number of alkyl halides is 1. The molecule has 1 unspecified atom stereocenters. The summed E-state index contributed by atoms with van der Waals surface area (Å²) in [5.74, 6) is 0.909. The van der Waals surface area contributed by atoms with Gasteiger partial charge in [-0.2, -0.15) is 0 Å². The van der Waals surface area contributed by atoms with Crippen molar-refractivity contribution in [1.29, 1.82) is 0 Å². The third-order valence-corrected chi connectivity index (χ3v) is 2.64. The molecule has 0 saturated heterocycles. The lowest BCUT2D eigenvalue weighted by molar-refractivity contribution is 0.341. The summed E-state index contributed by atoms with van der Waals surface area (Å²) in [5, 5.41) is 0.209. The van der Waals surface area contributed by atoms with Crippen LogP contribution in [0.15, 0.2) is 24.3 Å². The van der Waals surface area contributed by atoms with E-state index >= 15 is 0 Å². The van der Waals surface area contributed by atoms with E-state index in [1.54, 1.807) is 7.11 Å². The molecule has 0 aromatic heterocycles. The van der Waals surface area contributed by atoms with E-state index in [1.807, 2.05) is 19.1 Å². The summed E-state index contributed by atoms with van der Waals surface area (Å²) >= 11 is 5.94. The highest BCUT2D eigenvalue weighted by atomic mass is 35.5. The van der Waals surface area contributed by atoms with E-state index < -0.39 is 0 Å². The van der Waals surface area contributed by atoms with E-state index in [9.17, 15) is 0 Å². The van der Waals surface area contributed by atoms with Gasteiger partial charge < -0.3 is 9.64 Å². The first-order valence-electron chi connectivity index (χ1n) is 5.57. The van der Waals surface area contributed by atoms with E-state index in [1.165, 1.54) is 5.56 Å². The summed E-state index contributed by atoms with van der Waals surface area (Å²) in [5.41, 5.74) is 1.33. The number of nitrogens with zero attached hydrogens (tertiary/aromatic N) is 1. The maximum absolute atomic E-state index is 5.94. The van der Waals surface area contributed by atoms with Gasteiger partial charge in [-0.3, -0.25) is 0 Å². The van der Waals surface area contributed by atoms with Crippen molar-refractivity contribution in [3.8, 4) is 5.75 Å². The highest BCUT2D eigenvalue weighted by Crippen LogP contribution is 2.11. The topological polar surface area (TPSA) is 12.5 Å². The number of ether oxygens (including phenoxy) is 1. The predicted octanol–water partition coefficient (Wildman–Crippen LogP) is 2.80. The first-order chi connectivity index (χ1) is 7.61. The summed E-state index contributed by atoms with van der Waals surface area (Å²) < 4.78 is 5.12.